The van der Waals surface area contributed by atoms with Crippen molar-refractivity contribution in [2.75, 3.05) is 0 Å². The normalized spacial score (nSPS) is 9.50. The Balaban J connectivity index is 2.24. The summed E-state index contributed by atoms with van der Waals surface area (Å²) in [6.07, 6.45) is 1.49. The van der Waals surface area contributed by atoms with Crippen LogP contribution in [-0.2, 0) is 0 Å². The molecule has 0 saturated heterocycles. The summed E-state index contributed by atoms with van der Waals surface area (Å²) in [6.45, 7) is 0. The summed E-state index contributed by atoms with van der Waals surface area (Å²) in [5.74, 6) is 0.655. The van der Waals surface area contributed by atoms with Gasteiger partial charge in [-0.15, -0.1) is 0 Å². The van der Waals surface area contributed by atoms with Crippen LogP contribution in [0.25, 0.3) is 0 Å². The average molecular weight is 323 g/mol. The zero-order chi connectivity index (χ0) is 11.4. The fraction of sp³-hybridized carbons (Fsp3) is 0. The van der Waals surface area contributed by atoms with Crippen LogP contribution in [0, 0.1) is 14.9 Å². The molecule has 0 N–H and O–H groups in total. The Morgan fingerprint density at radius 2 is 2.19 bits per heavy atom. The van der Waals surface area contributed by atoms with Gasteiger partial charge in [-0.1, -0.05) is 6.07 Å². The number of halogens is 1. The van der Waals surface area contributed by atoms with Crippen LogP contribution < -0.4 is 4.74 Å². The zero-order valence-corrected chi connectivity index (χ0v) is 10.2. The largest absolute Gasteiger partial charge is 0.424 e. The van der Waals surface area contributed by atoms with Crippen LogP contribution in [-0.4, -0.2) is 9.97 Å². The van der Waals surface area contributed by atoms with Crippen LogP contribution in [0.3, 0.4) is 0 Å². The number of nitriles is 1. The van der Waals surface area contributed by atoms with Crippen molar-refractivity contribution >= 4 is 22.6 Å². The molecule has 5 heteroatoms. The zero-order valence-electron chi connectivity index (χ0n) is 8.09. The molecular formula is C11H6IN3O. The lowest BCUT2D eigenvalue weighted by Crippen LogP contribution is -1.93. The Bertz CT molecular complexity index is 551. The summed E-state index contributed by atoms with van der Waals surface area (Å²) in [6, 6.07) is 11.2. The van der Waals surface area contributed by atoms with Gasteiger partial charge in [0, 0.05) is 9.77 Å². The van der Waals surface area contributed by atoms with Gasteiger partial charge in [0.15, 0.2) is 0 Å². The van der Waals surface area contributed by atoms with Crippen molar-refractivity contribution in [3.63, 3.8) is 0 Å². The maximum Gasteiger partial charge on any atom is 0.323 e. The molecule has 0 aliphatic rings. The van der Waals surface area contributed by atoms with E-state index in [0.717, 1.165) is 3.57 Å². The molecule has 16 heavy (non-hydrogen) atoms. The lowest BCUT2D eigenvalue weighted by atomic mass is 10.3. The molecule has 2 aromatic rings. The molecule has 0 radical (unpaired) electrons. The fourth-order valence-corrected chi connectivity index (χ4v) is 1.60. The van der Waals surface area contributed by atoms with E-state index in [4.69, 9.17) is 10.00 Å². The van der Waals surface area contributed by atoms with Crippen LogP contribution >= 0.6 is 22.6 Å². The highest BCUT2D eigenvalue weighted by atomic mass is 127. The second-order valence-electron chi connectivity index (χ2n) is 2.90. The van der Waals surface area contributed by atoms with E-state index in [1.54, 1.807) is 0 Å². The summed E-state index contributed by atoms with van der Waals surface area (Å²) in [4.78, 5) is 7.84. The van der Waals surface area contributed by atoms with Gasteiger partial charge in [0.1, 0.15) is 17.5 Å². The maximum atomic E-state index is 8.68. The van der Waals surface area contributed by atoms with Crippen molar-refractivity contribution in [1.82, 2.24) is 9.97 Å². The third-order valence-electron chi connectivity index (χ3n) is 1.75. The van der Waals surface area contributed by atoms with Crippen LogP contribution in [0.2, 0.25) is 0 Å². The third kappa shape index (κ3) is 2.67. The second kappa shape index (κ2) is 4.90. The van der Waals surface area contributed by atoms with Crippen molar-refractivity contribution in [2.24, 2.45) is 0 Å². The van der Waals surface area contributed by atoms with Crippen molar-refractivity contribution in [3.05, 3.63) is 45.8 Å². The minimum absolute atomic E-state index is 0.182. The van der Waals surface area contributed by atoms with Gasteiger partial charge in [-0.05, 0) is 46.9 Å². The standard InChI is InChI=1S/C11H6IN3O/c12-8-2-1-3-10(6-8)16-11-14-5-4-9(7-13)15-11/h1-6H. The maximum absolute atomic E-state index is 8.68. The number of hydrogen-bond donors (Lipinski definition) is 0. The van der Waals surface area contributed by atoms with Crippen LogP contribution in [0.5, 0.6) is 11.8 Å². The predicted molar refractivity (Wildman–Crippen MR) is 66.0 cm³/mol. The molecule has 78 valence electrons. The summed E-state index contributed by atoms with van der Waals surface area (Å²) < 4.78 is 6.49. The van der Waals surface area contributed by atoms with E-state index in [0.29, 0.717) is 5.75 Å². The Morgan fingerprint density at radius 1 is 1.31 bits per heavy atom. The molecule has 1 heterocycles. The van der Waals surface area contributed by atoms with Crippen LogP contribution in [0.15, 0.2) is 36.5 Å². The molecule has 0 spiro atoms. The summed E-state index contributed by atoms with van der Waals surface area (Å²) in [7, 11) is 0. The lowest BCUT2D eigenvalue weighted by molar-refractivity contribution is 0.441. The van der Waals surface area contributed by atoms with E-state index < -0.39 is 0 Å². The summed E-state index contributed by atoms with van der Waals surface area (Å²) in [5.41, 5.74) is 0.288. The van der Waals surface area contributed by atoms with Crippen molar-refractivity contribution in [3.8, 4) is 17.8 Å². The van der Waals surface area contributed by atoms with E-state index in [1.165, 1.54) is 12.3 Å². The quantitative estimate of drug-likeness (QED) is 0.798. The van der Waals surface area contributed by atoms with Gasteiger partial charge in [0.05, 0.1) is 0 Å². The molecule has 0 atom stereocenters. The van der Waals surface area contributed by atoms with E-state index in [9.17, 15) is 0 Å². The van der Waals surface area contributed by atoms with E-state index >= 15 is 0 Å². The molecule has 4 nitrogen and oxygen atoms in total. The molecule has 0 aliphatic heterocycles. The first-order chi connectivity index (χ1) is 7.78. The number of hydrogen-bond acceptors (Lipinski definition) is 4. The van der Waals surface area contributed by atoms with E-state index in [1.807, 2.05) is 30.3 Å². The van der Waals surface area contributed by atoms with Crippen molar-refractivity contribution in [2.45, 2.75) is 0 Å². The molecular weight excluding hydrogens is 317 g/mol. The van der Waals surface area contributed by atoms with Gasteiger partial charge in [-0.2, -0.15) is 10.2 Å². The average Bonchev–Trinajstić information content (AvgIpc) is 2.29. The smallest absolute Gasteiger partial charge is 0.323 e. The highest BCUT2D eigenvalue weighted by Crippen LogP contribution is 2.19. The number of nitrogens with zero attached hydrogens (tertiary/aromatic N) is 3. The summed E-state index contributed by atoms with van der Waals surface area (Å²) in [5, 5.41) is 8.68. The number of rotatable bonds is 2. The topological polar surface area (TPSA) is 58.8 Å². The number of ether oxygens (including phenoxy) is 1. The predicted octanol–water partition coefficient (Wildman–Crippen LogP) is 2.75. The second-order valence-corrected chi connectivity index (χ2v) is 4.14. The highest BCUT2D eigenvalue weighted by molar-refractivity contribution is 14.1. The minimum atomic E-state index is 0.182. The van der Waals surface area contributed by atoms with Crippen molar-refractivity contribution in [1.29, 1.82) is 5.26 Å². The third-order valence-corrected chi connectivity index (χ3v) is 2.42. The monoisotopic (exact) mass is 323 g/mol. The summed E-state index contributed by atoms with van der Waals surface area (Å²) >= 11 is 2.19. The first-order valence-corrected chi connectivity index (χ1v) is 5.52. The molecule has 2 rings (SSSR count). The number of benzene rings is 1. The molecule has 0 unspecified atom stereocenters. The van der Waals surface area contributed by atoms with Crippen LogP contribution in [0.4, 0.5) is 0 Å². The van der Waals surface area contributed by atoms with Gasteiger partial charge in [0.2, 0.25) is 0 Å². The minimum Gasteiger partial charge on any atom is -0.424 e. The first kappa shape index (κ1) is 10.8. The first-order valence-electron chi connectivity index (χ1n) is 4.44. The fourth-order valence-electron chi connectivity index (χ4n) is 1.09. The van der Waals surface area contributed by atoms with Gasteiger partial charge in [0.25, 0.3) is 0 Å². The van der Waals surface area contributed by atoms with E-state index in [-0.39, 0.29) is 11.7 Å². The SMILES string of the molecule is N#Cc1ccnc(Oc2cccc(I)c2)n1. The molecule has 1 aromatic carbocycles. The number of aromatic nitrogens is 2. The Kier molecular flexibility index (Phi) is 3.31. The molecule has 0 amide bonds. The molecule has 0 saturated carbocycles. The van der Waals surface area contributed by atoms with Gasteiger partial charge in [-0.25, -0.2) is 4.98 Å². The molecule has 1 aromatic heterocycles. The van der Waals surface area contributed by atoms with Gasteiger partial charge < -0.3 is 4.74 Å². The van der Waals surface area contributed by atoms with Crippen LogP contribution in [0.1, 0.15) is 5.69 Å². The highest BCUT2D eigenvalue weighted by Gasteiger charge is 2.01. The Morgan fingerprint density at radius 3 is 2.94 bits per heavy atom. The molecule has 0 aliphatic carbocycles. The van der Waals surface area contributed by atoms with Gasteiger partial charge in [-0.3, -0.25) is 0 Å². The van der Waals surface area contributed by atoms with Gasteiger partial charge >= 0.3 is 6.01 Å². The van der Waals surface area contributed by atoms with Crippen molar-refractivity contribution < 1.29 is 4.74 Å². The lowest BCUT2D eigenvalue weighted by Gasteiger charge is -2.03. The molecule has 0 bridgehead atoms. The Labute approximate surface area is 106 Å². The molecule has 0 fully saturated rings. The van der Waals surface area contributed by atoms with E-state index in [2.05, 4.69) is 32.6 Å². The Hall–Kier alpha value is -1.68.